The van der Waals surface area contributed by atoms with E-state index in [9.17, 15) is 14.7 Å². The van der Waals surface area contributed by atoms with Gasteiger partial charge >= 0.3 is 0 Å². The van der Waals surface area contributed by atoms with Crippen molar-refractivity contribution in [2.75, 3.05) is 19.6 Å². The maximum Gasteiger partial charge on any atom is 0.223 e. The van der Waals surface area contributed by atoms with E-state index in [1.165, 1.54) is 10.4 Å². The van der Waals surface area contributed by atoms with Crippen LogP contribution in [0.15, 0.2) is 29.8 Å². The molecule has 1 unspecified atom stereocenters. The predicted molar refractivity (Wildman–Crippen MR) is 143 cm³/mol. The van der Waals surface area contributed by atoms with Crippen LogP contribution >= 0.6 is 11.3 Å². The molecule has 2 aromatic rings. The van der Waals surface area contributed by atoms with Crippen LogP contribution in [0.25, 0.3) is 10.4 Å². The number of β-amino-alcohol motifs (C(OH)–C–C–N with tert-alkyl or cyclic N) is 1. The van der Waals surface area contributed by atoms with Crippen molar-refractivity contribution in [2.24, 2.45) is 11.1 Å². The van der Waals surface area contributed by atoms with Gasteiger partial charge in [-0.25, -0.2) is 4.98 Å². The number of benzene rings is 1. The number of nitrogens with zero attached hydrogens (tertiary/aromatic N) is 2. The van der Waals surface area contributed by atoms with Crippen LogP contribution in [0.4, 0.5) is 0 Å². The lowest BCUT2D eigenvalue weighted by Crippen LogP contribution is -2.32. The number of aliphatic hydroxyl groups excluding tert-OH is 1. The number of hydrogen-bond acceptors (Lipinski definition) is 6. The summed E-state index contributed by atoms with van der Waals surface area (Å²) in [6.45, 7) is 16.6. The molecule has 2 amide bonds. The van der Waals surface area contributed by atoms with Gasteiger partial charge in [-0.05, 0) is 36.4 Å². The monoisotopic (exact) mass is 492 g/mol. The number of aromatic nitrogens is 1. The average molecular weight is 493 g/mol. The van der Waals surface area contributed by atoms with Crippen LogP contribution in [-0.2, 0) is 16.1 Å². The van der Waals surface area contributed by atoms with Gasteiger partial charge in [0.05, 0.1) is 22.2 Å². The Morgan fingerprint density at radius 3 is 2.29 bits per heavy atom. The maximum atomic E-state index is 11.6. The lowest BCUT2D eigenvalue weighted by atomic mass is 9.92. The van der Waals surface area contributed by atoms with Crippen molar-refractivity contribution in [3.8, 4) is 10.4 Å². The second-order valence-electron chi connectivity index (χ2n) is 8.89. The summed E-state index contributed by atoms with van der Waals surface area (Å²) in [5, 5.41) is 11.9. The first-order valence-electron chi connectivity index (χ1n) is 11.9. The van der Waals surface area contributed by atoms with Crippen LogP contribution in [0.3, 0.4) is 0 Å². The van der Waals surface area contributed by atoms with Crippen molar-refractivity contribution in [1.82, 2.24) is 15.2 Å². The van der Waals surface area contributed by atoms with Crippen LogP contribution in [0.1, 0.15) is 65.6 Å². The number of nitrogens with one attached hydrogen (secondary N) is 1. The number of hydrogen-bond donors (Lipinski definition) is 3. The van der Waals surface area contributed by atoms with Gasteiger partial charge < -0.3 is 21.1 Å². The van der Waals surface area contributed by atoms with Crippen LogP contribution in [0.5, 0.6) is 0 Å². The molecule has 192 valence electrons. The number of aliphatic hydroxyl groups is 1. The fraction of sp³-hybridized carbons (Fsp3) is 0.577. The van der Waals surface area contributed by atoms with E-state index in [-0.39, 0.29) is 17.4 Å². The lowest BCUT2D eigenvalue weighted by Gasteiger charge is -2.22. The highest BCUT2D eigenvalue weighted by molar-refractivity contribution is 7.13. The van der Waals surface area contributed by atoms with E-state index < -0.39 is 0 Å². The number of amides is 2. The molecule has 7 nitrogen and oxygen atoms in total. The molecule has 0 radical (unpaired) electrons. The lowest BCUT2D eigenvalue weighted by molar-refractivity contribution is -0.132. The molecule has 0 bridgehead atoms. The highest BCUT2D eigenvalue weighted by Gasteiger charge is 2.27. The number of aryl methyl sites for hydroxylation is 1. The van der Waals surface area contributed by atoms with Gasteiger partial charge in [0.2, 0.25) is 12.3 Å². The minimum Gasteiger partial charge on any atom is -0.391 e. The van der Waals surface area contributed by atoms with E-state index in [1.807, 2.05) is 45.3 Å². The molecule has 1 atom stereocenters. The van der Waals surface area contributed by atoms with Crippen molar-refractivity contribution in [1.29, 1.82) is 0 Å². The summed E-state index contributed by atoms with van der Waals surface area (Å²) in [5.41, 5.74) is 10.1. The van der Waals surface area contributed by atoms with Crippen LogP contribution in [0.2, 0.25) is 0 Å². The minimum absolute atomic E-state index is 0.0463. The second kappa shape index (κ2) is 17.2. The van der Waals surface area contributed by atoms with Crippen LogP contribution in [0, 0.1) is 12.3 Å². The quantitative estimate of drug-likeness (QED) is 0.537. The van der Waals surface area contributed by atoms with Crippen LogP contribution in [-0.4, -0.2) is 53.0 Å². The highest BCUT2D eigenvalue weighted by Crippen LogP contribution is 2.27. The van der Waals surface area contributed by atoms with Crippen molar-refractivity contribution < 1.29 is 14.7 Å². The van der Waals surface area contributed by atoms with Gasteiger partial charge in [0.15, 0.2) is 0 Å². The molecule has 1 saturated heterocycles. The summed E-state index contributed by atoms with van der Waals surface area (Å²) < 4.78 is 0. The summed E-state index contributed by atoms with van der Waals surface area (Å²) in [5.74, 6) is 0.170. The van der Waals surface area contributed by atoms with Gasteiger partial charge in [-0.15, -0.1) is 11.3 Å². The number of thiazole rings is 1. The highest BCUT2D eigenvalue weighted by atomic mass is 32.1. The normalized spacial score (nSPS) is 14.5. The second-order valence-corrected chi connectivity index (χ2v) is 9.75. The van der Waals surface area contributed by atoms with Crippen LogP contribution < -0.4 is 11.1 Å². The molecule has 1 fully saturated rings. The third-order valence-electron chi connectivity index (χ3n) is 4.55. The molecular weight excluding hydrogens is 448 g/mol. The number of carbonyl (C=O) groups is 2. The summed E-state index contributed by atoms with van der Waals surface area (Å²) in [6.07, 6.45) is 1.71. The van der Waals surface area contributed by atoms with E-state index in [2.05, 4.69) is 43.2 Å². The van der Waals surface area contributed by atoms with E-state index in [0.29, 0.717) is 25.9 Å². The van der Waals surface area contributed by atoms with Gasteiger partial charge in [0.25, 0.3) is 0 Å². The summed E-state index contributed by atoms with van der Waals surface area (Å²) in [4.78, 5) is 29.0. The minimum atomic E-state index is -0.302. The Kier molecular flexibility index (Phi) is 16.0. The Morgan fingerprint density at radius 1 is 1.29 bits per heavy atom. The number of rotatable bonds is 5. The number of likely N-dealkylation sites (tertiary alicyclic amines) is 1. The van der Waals surface area contributed by atoms with E-state index in [4.69, 9.17) is 5.73 Å². The first-order chi connectivity index (χ1) is 16.1. The predicted octanol–water partition coefficient (Wildman–Crippen LogP) is 4.37. The largest absolute Gasteiger partial charge is 0.391 e. The molecule has 1 aliphatic heterocycles. The molecule has 0 spiro atoms. The van der Waals surface area contributed by atoms with E-state index >= 15 is 0 Å². The molecule has 1 aliphatic rings. The molecule has 4 N–H and O–H groups in total. The maximum absolute atomic E-state index is 11.6. The zero-order valence-electron chi connectivity index (χ0n) is 21.9. The third-order valence-corrected chi connectivity index (χ3v) is 5.53. The standard InChI is InChI=1S/C12H12N2OS.C10H19NO2.C2H7N.C2H6/c1-9-12(16-8-14-9)11-4-2-10(3-5-11)6-13-7-15;1-10(2,3)6-9(13)11-5-4-8(12)7-11;1-2-3;1-2/h2-5,7-8H,6H2,1H3,(H,13,15);8,12H,4-7H2,1-3H3;2-3H2,1H3;1-2H3. The SMILES string of the molecule is CC.CC(C)(C)CC(=O)N1CCC(O)C1.CCN.Cc1ncsc1-c1ccc(CNC=O)cc1. The first-order valence-corrected chi connectivity index (χ1v) is 12.8. The Hall–Kier alpha value is -2.29. The molecule has 34 heavy (non-hydrogen) atoms. The Bertz CT molecular complexity index is 816. The Balaban J connectivity index is 0.000000548. The Morgan fingerprint density at radius 2 is 1.88 bits per heavy atom. The number of nitrogens with two attached hydrogens (primary N) is 1. The van der Waals surface area contributed by atoms with E-state index in [1.54, 1.807) is 16.2 Å². The zero-order valence-corrected chi connectivity index (χ0v) is 22.7. The van der Waals surface area contributed by atoms with Crippen molar-refractivity contribution in [2.45, 2.75) is 74.0 Å². The fourth-order valence-electron chi connectivity index (χ4n) is 3.05. The third kappa shape index (κ3) is 12.8. The molecule has 0 aliphatic carbocycles. The molecular formula is C26H44N4O3S. The van der Waals surface area contributed by atoms with Crippen molar-refractivity contribution in [3.05, 3.63) is 41.0 Å². The van der Waals surface area contributed by atoms with Crippen molar-refractivity contribution in [3.63, 3.8) is 0 Å². The molecule has 3 rings (SSSR count). The van der Waals surface area contributed by atoms with Gasteiger partial charge in [-0.3, -0.25) is 9.59 Å². The molecule has 2 heterocycles. The average Bonchev–Trinajstić information content (AvgIpc) is 3.42. The van der Waals surface area contributed by atoms with Gasteiger partial charge in [-0.1, -0.05) is 65.8 Å². The molecule has 1 aromatic carbocycles. The topological polar surface area (TPSA) is 109 Å². The molecule has 0 saturated carbocycles. The van der Waals surface area contributed by atoms with Crippen molar-refractivity contribution >= 4 is 23.7 Å². The summed E-state index contributed by atoms with van der Waals surface area (Å²) in [7, 11) is 0. The smallest absolute Gasteiger partial charge is 0.223 e. The van der Waals surface area contributed by atoms with Gasteiger partial charge in [0, 0.05) is 26.1 Å². The first kappa shape index (κ1) is 31.7. The fourth-order valence-corrected chi connectivity index (χ4v) is 3.86. The van der Waals surface area contributed by atoms with Gasteiger partial charge in [-0.2, -0.15) is 0 Å². The van der Waals surface area contributed by atoms with E-state index in [0.717, 1.165) is 30.8 Å². The summed E-state index contributed by atoms with van der Waals surface area (Å²) >= 11 is 1.64. The Labute approximate surface area is 209 Å². The summed E-state index contributed by atoms with van der Waals surface area (Å²) in [6, 6.07) is 8.15. The molecule has 1 aromatic heterocycles. The zero-order chi connectivity index (χ0) is 26.1. The number of carbonyl (C=O) groups excluding carboxylic acids is 2. The van der Waals surface area contributed by atoms with Gasteiger partial charge in [0.1, 0.15) is 0 Å². The molecule has 8 heteroatoms.